The predicted molar refractivity (Wildman–Crippen MR) is 136 cm³/mol. The molecule has 0 saturated heterocycles. The van der Waals surface area contributed by atoms with E-state index in [1.165, 1.54) is 10.7 Å². The number of fused-ring (bicyclic) bond motifs is 1. The van der Waals surface area contributed by atoms with Crippen LogP contribution in [0.25, 0.3) is 5.65 Å². The maximum Gasteiger partial charge on any atom is 0.345 e. The van der Waals surface area contributed by atoms with E-state index in [9.17, 15) is 35.9 Å². The van der Waals surface area contributed by atoms with Gasteiger partial charge in [0.15, 0.2) is 5.65 Å². The van der Waals surface area contributed by atoms with Gasteiger partial charge in [0, 0.05) is 25.7 Å². The van der Waals surface area contributed by atoms with Crippen molar-refractivity contribution in [3.63, 3.8) is 0 Å². The number of amides is 2. The molecule has 1 unspecified atom stereocenters. The van der Waals surface area contributed by atoms with Gasteiger partial charge in [0.05, 0.1) is 36.8 Å². The summed E-state index contributed by atoms with van der Waals surface area (Å²) in [6.07, 6.45) is 1.74. The zero-order valence-electron chi connectivity index (χ0n) is 22.8. The van der Waals surface area contributed by atoms with Crippen LogP contribution >= 0.6 is 0 Å². The molecular weight excluding hydrogens is 586 g/mol. The molecule has 2 aliphatic rings. The number of hydrogen-bond donors (Lipinski definition) is 2. The zero-order valence-corrected chi connectivity index (χ0v) is 22.8. The SMILES string of the molecule is O=C(CCC(F)F)NC(c1cnn2cc([C@@H](NC(=O)c3conc3COC(F)F)C3CCC(F)(F)CC3)nc2c1)C1CC1. The average Bonchev–Trinajstić information content (AvgIpc) is 3.53. The summed E-state index contributed by atoms with van der Waals surface area (Å²) in [5.74, 6) is -4.36. The lowest BCUT2D eigenvalue weighted by Gasteiger charge is -2.33. The van der Waals surface area contributed by atoms with Gasteiger partial charge >= 0.3 is 6.61 Å². The Morgan fingerprint density at radius 3 is 2.47 bits per heavy atom. The van der Waals surface area contributed by atoms with E-state index in [-0.39, 0.29) is 49.3 Å². The number of aromatic nitrogens is 4. The number of alkyl halides is 6. The van der Waals surface area contributed by atoms with E-state index in [4.69, 9.17) is 4.52 Å². The molecule has 10 nitrogen and oxygen atoms in total. The summed E-state index contributed by atoms with van der Waals surface area (Å²) >= 11 is 0. The molecule has 3 aromatic heterocycles. The van der Waals surface area contributed by atoms with E-state index in [1.807, 2.05) is 0 Å². The molecule has 5 rings (SSSR count). The number of carbonyl (C=O) groups excluding carboxylic acids is 2. The first kappa shape index (κ1) is 30.8. The number of nitrogens with one attached hydrogen (secondary N) is 2. The first-order valence-corrected chi connectivity index (χ1v) is 13.9. The molecule has 234 valence electrons. The average molecular weight is 617 g/mol. The minimum atomic E-state index is -3.09. The topological polar surface area (TPSA) is 124 Å². The van der Waals surface area contributed by atoms with E-state index in [2.05, 4.69) is 30.6 Å². The van der Waals surface area contributed by atoms with Crippen molar-refractivity contribution in [2.75, 3.05) is 0 Å². The highest BCUT2D eigenvalue weighted by Crippen LogP contribution is 2.43. The quantitative estimate of drug-likeness (QED) is 0.248. The van der Waals surface area contributed by atoms with Crippen LogP contribution in [0, 0.1) is 11.8 Å². The van der Waals surface area contributed by atoms with E-state index in [1.54, 1.807) is 12.3 Å². The number of imidazole rings is 1. The van der Waals surface area contributed by atoms with E-state index in [0.29, 0.717) is 16.9 Å². The van der Waals surface area contributed by atoms with Gasteiger partial charge in [-0.05, 0) is 49.1 Å². The molecule has 2 amide bonds. The Kier molecular flexibility index (Phi) is 9.22. The second-order valence-electron chi connectivity index (χ2n) is 11.0. The fraction of sp³-hybridized carbons (Fsp3) is 0.593. The van der Waals surface area contributed by atoms with Gasteiger partial charge in [-0.1, -0.05) is 5.16 Å². The van der Waals surface area contributed by atoms with Gasteiger partial charge in [-0.25, -0.2) is 27.1 Å². The predicted octanol–water partition coefficient (Wildman–Crippen LogP) is 5.37. The van der Waals surface area contributed by atoms with Crippen LogP contribution < -0.4 is 10.6 Å². The Balaban J connectivity index is 1.39. The third-order valence-electron chi connectivity index (χ3n) is 7.79. The van der Waals surface area contributed by atoms with Crippen molar-refractivity contribution in [2.24, 2.45) is 11.8 Å². The van der Waals surface area contributed by atoms with E-state index < -0.39 is 61.8 Å². The first-order valence-electron chi connectivity index (χ1n) is 13.9. The highest BCUT2D eigenvalue weighted by Gasteiger charge is 2.40. The molecule has 3 heterocycles. The lowest BCUT2D eigenvalue weighted by molar-refractivity contribution is -0.138. The fourth-order valence-electron chi connectivity index (χ4n) is 5.36. The molecule has 16 heteroatoms. The first-order chi connectivity index (χ1) is 20.5. The second kappa shape index (κ2) is 12.9. The van der Waals surface area contributed by atoms with Gasteiger partial charge in [0.2, 0.25) is 18.3 Å². The number of rotatable bonds is 13. The Morgan fingerprint density at radius 2 is 1.79 bits per heavy atom. The van der Waals surface area contributed by atoms with Crippen LogP contribution in [0.15, 0.2) is 29.2 Å². The molecular formula is C27H30F6N6O4. The maximum absolute atomic E-state index is 14.0. The van der Waals surface area contributed by atoms with Crippen molar-refractivity contribution in [1.82, 2.24) is 30.4 Å². The van der Waals surface area contributed by atoms with Crippen molar-refractivity contribution in [3.05, 3.63) is 47.2 Å². The molecule has 0 radical (unpaired) electrons. The smallest absolute Gasteiger partial charge is 0.345 e. The summed E-state index contributed by atoms with van der Waals surface area (Å²) in [7, 11) is 0. The number of carbonyl (C=O) groups is 2. The van der Waals surface area contributed by atoms with E-state index >= 15 is 0 Å². The third-order valence-corrected chi connectivity index (χ3v) is 7.79. The standard InChI is InChI=1S/C27H30F6N6O4/c28-20(29)3-4-22(40)36-23(14-1-2-14)16-9-21-35-18(11-39(21)34-10-16)24(15-5-7-27(32,33)8-6-15)37-25(41)17-12-43-38-19(17)13-42-26(30)31/h9-12,14-15,20,23-24,26H,1-8,13H2,(H,36,40)(H,37,41)/t23?,24-/m0/s1. The van der Waals surface area contributed by atoms with Crippen LogP contribution in [-0.2, 0) is 16.1 Å². The fourth-order valence-corrected chi connectivity index (χ4v) is 5.36. The van der Waals surface area contributed by atoms with Crippen molar-refractivity contribution in [1.29, 1.82) is 0 Å². The van der Waals surface area contributed by atoms with E-state index in [0.717, 1.165) is 19.1 Å². The van der Waals surface area contributed by atoms with Crippen LogP contribution in [0.1, 0.15) is 90.8 Å². The van der Waals surface area contributed by atoms with Crippen molar-refractivity contribution in [2.45, 2.75) is 89.0 Å². The van der Waals surface area contributed by atoms with Gasteiger partial charge in [0.1, 0.15) is 17.5 Å². The van der Waals surface area contributed by atoms with Gasteiger partial charge < -0.3 is 19.9 Å². The number of nitrogens with zero attached hydrogens (tertiary/aromatic N) is 4. The number of ether oxygens (including phenoxy) is 1. The molecule has 2 atom stereocenters. The molecule has 43 heavy (non-hydrogen) atoms. The molecule has 0 aliphatic heterocycles. The summed E-state index contributed by atoms with van der Waals surface area (Å²) in [5, 5.41) is 13.5. The summed E-state index contributed by atoms with van der Waals surface area (Å²) in [5.41, 5.74) is 1.01. The lowest BCUT2D eigenvalue weighted by Crippen LogP contribution is -2.37. The Morgan fingerprint density at radius 1 is 1.07 bits per heavy atom. The molecule has 2 fully saturated rings. The van der Waals surface area contributed by atoms with Crippen LogP contribution in [0.3, 0.4) is 0 Å². The van der Waals surface area contributed by atoms with Crippen molar-refractivity contribution >= 4 is 17.5 Å². The summed E-state index contributed by atoms with van der Waals surface area (Å²) < 4.78 is 88.7. The van der Waals surface area contributed by atoms with Crippen molar-refractivity contribution < 1.29 is 45.2 Å². The Bertz CT molecular complexity index is 1420. The van der Waals surface area contributed by atoms with Crippen LogP contribution in [0.5, 0.6) is 0 Å². The second-order valence-corrected chi connectivity index (χ2v) is 11.0. The molecule has 0 bridgehead atoms. The van der Waals surface area contributed by atoms with Gasteiger partial charge in [-0.15, -0.1) is 0 Å². The minimum Gasteiger partial charge on any atom is -0.364 e. The summed E-state index contributed by atoms with van der Waals surface area (Å²) in [6, 6.07) is 0.405. The Hall–Kier alpha value is -3.69. The van der Waals surface area contributed by atoms with Crippen LogP contribution in [0.2, 0.25) is 0 Å². The highest BCUT2D eigenvalue weighted by atomic mass is 19.3. The normalized spacial score (nSPS) is 18.7. The van der Waals surface area contributed by atoms with Crippen molar-refractivity contribution in [3.8, 4) is 0 Å². The number of hydrogen-bond acceptors (Lipinski definition) is 7. The van der Waals surface area contributed by atoms with Crippen LogP contribution in [-0.4, -0.2) is 50.5 Å². The lowest BCUT2D eigenvalue weighted by atomic mass is 9.81. The molecule has 0 aromatic carbocycles. The Labute approximate surface area is 241 Å². The third kappa shape index (κ3) is 7.83. The number of halogens is 6. The molecule has 2 saturated carbocycles. The highest BCUT2D eigenvalue weighted by molar-refractivity contribution is 5.95. The molecule has 0 spiro atoms. The largest absolute Gasteiger partial charge is 0.364 e. The summed E-state index contributed by atoms with van der Waals surface area (Å²) in [6.45, 7) is -3.77. The summed E-state index contributed by atoms with van der Waals surface area (Å²) in [4.78, 5) is 30.2. The molecule has 2 aliphatic carbocycles. The zero-order chi connectivity index (χ0) is 30.7. The van der Waals surface area contributed by atoms with Gasteiger partial charge in [-0.3, -0.25) is 9.59 Å². The maximum atomic E-state index is 14.0. The van der Waals surface area contributed by atoms with Gasteiger partial charge in [0.25, 0.3) is 5.91 Å². The molecule has 2 N–H and O–H groups in total. The van der Waals surface area contributed by atoms with Crippen LogP contribution in [0.4, 0.5) is 26.3 Å². The monoisotopic (exact) mass is 616 g/mol. The minimum absolute atomic E-state index is 0.0872. The molecule has 3 aromatic rings. The van der Waals surface area contributed by atoms with Gasteiger partial charge in [-0.2, -0.15) is 13.9 Å².